The largest absolute Gasteiger partial charge is 0.495 e. The Balaban J connectivity index is 1.61. The number of anilines is 2. The van der Waals surface area contributed by atoms with Crippen molar-refractivity contribution in [2.45, 2.75) is 13.5 Å². The minimum absolute atomic E-state index is 0.262. The first kappa shape index (κ1) is 17.4. The lowest BCUT2D eigenvalue weighted by atomic mass is 10.1. The summed E-state index contributed by atoms with van der Waals surface area (Å²) in [7, 11) is 1.60. The van der Waals surface area contributed by atoms with Gasteiger partial charge in [-0.2, -0.15) is 0 Å². The van der Waals surface area contributed by atoms with Crippen LogP contribution < -0.4 is 15.4 Å². The second kappa shape index (κ2) is 8.11. The van der Waals surface area contributed by atoms with Gasteiger partial charge in [-0.15, -0.1) is 10.2 Å². The van der Waals surface area contributed by atoms with E-state index in [2.05, 4.69) is 20.8 Å². The highest BCUT2D eigenvalue weighted by atomic mass is 16.5. The standard InChI is InChI=1S/C20H20N4O2/c1-14-7-9-15(10-8-14)13-21-20(25)17-11-12-19(24-23-17)22-16-5-3-4-6-18(16)26-2/h3-12H,13H2,1-2H3,(H,21,25)(H,22,24). The Morgan fingerprint density at radius 2 is 1.77 bits per heavy atom. The molecule has 1 aromatic heterocycles. The summed E-state index contributed by atoms with van der Waals surface area (Å²) in [4.78, 5) is 12.2. The molecular weight excluding hydrogens is 328 g/mol. The molecule has 2 N–H and O–H groups in total. The molecule has 6 heteroatoms. The van der Waals surface area contributed by atoms with Crippen molar-refractivity contribution in [3.8, 4) is 5.75 Å². The smallest absolute Gasteiger partial charge is 0.272 e. The van der Waals surface area contributed by atoms with Gasteiger partial charge in [0.1, 0.15) is 5.75 Å². The molecule has 6 nitrogen and oxygen atoms in total. The van der Waals surface area contributed by atoms with Crippen molar-refractivity contribution in [3.05, 3.63) is 77.5 Å². The number of ether oxygens (including phenoxy) is 1. The van der Waals surface area contributed by atoms with Crippen molar-refractivity contribution < 1.29 is 9.53 Å². The predicted octanol–water partition coefficient (Wildman–Crippen LogP) is 3.47. The molecule has 0 saturated heterocycles. The van der Waals surface area contributed by atoms with Crippen LogP contribution in [0.5, 0.6) is 5.75 Å². The number of hydrogen-bond acceptors (Lipinski definition) is 5. The van der Waals surface area contributed by atoms with Gasteiger partial charge in [0.2, 0.25) is 0 Å². The number of hydrogen-bond donors (Lipinski definition) is 2. The summed E-state index contributed by atoms with van der Waals surface area (Å²) in [5.74, 6) is 0.973. The van der Waals surface area contributed by atoms with Crippen LogP contribution >= 0.6 is 0 Å². The molecule has 0 saturated carbocycles. The Bertz CT molecular complexity index is 877. The number of aromatic nitrogens is 2. The molecule has 0 fully saturated rings. The molecule has 26 heavy (non-hydrogen) atoms. The summed E-state index contributed by atoms with van der Waals surface area (Å²) in [6.45, 7) is 2.47. The van der Waals surface area contributed by atoms with Gasteiger partial charge in [0.25, 0.3) is 5.91 Å². The van der Waals surface area contributed by atoms with Gasteiger partial charge in [-0.1, -0.05) is 42.0 Å². The number of carbonyl (C=O) groups is 1. The fraction of sp³-hybridized carbons (Fsp3) is 0.150. The third-order valence-corrected chi connectivity index (χ3v) is 3.84. The molecule has 1 amide bonds. The molecule has 0 bridgehead atoms. The molecule has 3 aromatic rings. The van der Waals surface area contributed by atoms with Crippen molar-refractivity contribution >= 4 is 17.4 Å². The van der Waals surface area contributed by atoms with Crippen molar-refractivity contribution in [3.63, 3.8) is 0 Å². The number of carbonyl (C=O) groups excluding carboxylic acids is 1. The molecule has 2 aromatic carbocycles. The maximum atomic E-state index is 12.2. The third kappa shape index (κ3) is 4.36. The van der Waals surface area contributed by atoms with E-state index in [1.54, 1.807) is 19.2 Å². The normalized spacial score (nSPS) is 10.2. The molecule has 0 aliphatic carbocycles. The highest BCUT2D eigenvalue weighted by Gasteiger charge is 2.09. The first-order valence-electron chi connectivity index (χ1n) is 8.23. The zero-order valence-corrected chi connectivity index (χ0v) is 14.7. The highest BCUT2D eigenvalue weighted by Crippen LogP contribution is 2.25. The summed E-state index contributed by atoms with van der Waals surface area (Å²) >= 11 is 0. The van der Waals surface area contributed by atoms with Crippen LogP contribution in [0.3, 0.4) is 0 Å². The summed E-state index contributed by atoms with van der Waals surface area (Å²) < 4.78 is 5.29. The molecule has 0 spiro atoms. The fourth-order valence-corrected chi connectivity index (χ4v) is 2.38. The molecule has 1 heterocycles. The van der Waals surface area contributed by atoms with Gasteiger partial charge in [-0.05, 0) is 36.8 Å². The van der Waals surface area contributed by atoms with Gasteiger partial charge in [0.05, 0.1) is 12.8 Å². The molecule has 0 radical (unpaired) electrons. The predicted molar refractivity (Wildman–Crippen MR) is 101 cm³/mol. The summed E-state index contributed by atoms with van der Waals surface area (Å²) in [5, 5.41) is 14.0. The van der Waals surface area contributed by atoms with Gasteiger partial charge in [0.15, 0.2) is 11.5 Å². The molecule has 3 rings (SSSR count). The van der Waals surface area contributed by atoms with E-state index in [1.807, 2.05) is 55.5 Å². The number of nitrogens with zero attached hydrogens (tertiary/aromatic N) is 2. The zero-order valence-electron chi connectivity index (χ0n) is 14.7. The molecule has 132 valence electrons. The number of nitrogens with one attached hydrogen (secondary N) is 2. The van der Waals surface area contributed by atoms with Crippen LogP contribution in [0.25, 0.3) is 0 Å². The lowest BCUT2D eigenvalue weighted by Crippen LogP contribution is -2.24. The molecule has 0 unspecified atom stereocenters. The summed E-state index contributed by atoms with van der Waals surface area (Å²) in [5.41, 5.74) is 3.26. The average molecular weight is 348 g/mol. The van der Waals surface area contributed by atoms with E-state index >= 15 is 0 Å². The Morgan fingerprint density at radius 1 is 1.00 bits per heavy atom. The number of para-hydroxylation sites is 2. The van der Waals surface area contributed by atoms with E-state index in [9.17, 15) is 4.79 Å². The quantitative estimate of drug-likeness (QED) is 0.713. The second-order valence-corrected chi connectivity index (χ2v) is 5.80. The van der Waals surface area contributed by atoms with Crippen LogP contribution in [0, 0.1) is 6.92 Å². The summed E-state index contributed by atoms with van der Waals surface area (Å²) in [6, 6.07) is 18.9. The van der Waals surface area contributed by atoms with E-state index < -0.39 is 0 Å². The zero-order chi connectivity index (χ0) is 18.4. The van der Waals surface area contributed by atoms with Crippen molar-refractivity contribution in [2.24, 2.45) is 0 Å². The van der Waals surface area contributed by atoms with Crippen LogP contribution in [-0.2, 0) is 6.54 Å². The fourth-order valence-electron chi connectivity index (χ4n) is 2.38. The van der Waals surface area contributed by atoms with Crippen molar-refractivity contribution in [2.75, 3.05) is 12.4 Å². The SMILES string of the molecule is COc1ccccc1Nc1ccc(C(=O)NCc2ccc(C)cc2)nn1. The molecule has 0 aliphatic rings. The number of methoxy groups -OCH3 is 1. The average Bonchev–Trinajstić information content (AvgIpc) is 2.68. The maximum absolute atomic E-state index is 12.2. The number of amides is 1. The lowest BCUT2D eigenvalue weighted by Gasteiger charge is -2.10. The van der Waals surface area contributed by atoms with Crippen molar-refractivity contribution in [1.29, 1.82) is 0 Å². The van der Waals surface area contributed by atoms with Crippen molar-refractivity contribution in [1.82, 2.24) is 15.5 Å². The van der Waals surface area contributed by atoms with E-state index in [1.165, 1.54) is 5.56 Å². The number of aryl methyl sites for hydroxylation is 1. The number of benzene rings is 2. The van der Waals surface area contributed by atoms with Crippen LogP contribution in [0.1, 0.15) is 21.6 Å². The number of rotatable bonds is 6. The minimum atomic E-state index is -0.262. The molecule has 0 aliphatic heterocycles. The van der Waals surface area contributed by atoms with E-state index in [4.69, 9.17) is 4.74 Å². The third-order valence-electron chi connectivity index (χ3n) is 3.84. The van der Waals surface area contributed by atoms with E-state index in [0.29, 0.717) is 18.1 Å². The van der Waals surface area contributed by atoms with Crippen LogP contribution in [0.2, 0.25) is 0 Å². The Kier molecular flexibility index (Phi) is 5.43. The van der Waals surface area contributed by atoms with Gasteiger partial charge >= 0.3 is 0 Å². The maximum Gasteiger partial charge on any atom is 0.272 e. The topological polar surface area (TPSA) is 76.1 Å². The van der Waals surface area contributed by atoms with E-state index in [0.717, 1.165) is 11.3 Å². The van der Waals surface area contributed by atoms with Crippen LogP contribution in [0.15, 0.2) is 60.7 Å². The minimum Gasteiger partial charge on any atom is -0.495 e. The molecule has 0 atom stereocenters. The second-order valence-electron chi connectivity index (χ2n) is 5.80. The monoisotopic (exact) mass is 348 g/mol. The first-order valence-corrected chi connectivity index (χ1v) is 8.23. The first-order chi connectivity index (χ1) is 12.7. The van der Waals surface area contributed by atoms with E-state index in [-0.39, 0.29) is 11.6 Å². The molecular formula is C20H20N4O2. The van der Waals surface area contributed by atoms with Gasteiger partial charge in [0, 0.05) is 6.54 Å². The Hall–Kier alpha value is -3.41. The Labute approximate surface area is 152 Å². The summed E-state index contributed by atoms with van der Waals surface area (Å²) in [6.07, 6.45) is 0. The van der Waals surface area contributed by atoms with Gasteiger partial charge in [-0.3, -0.25) is 4.79 Å². The highest BCUT2D eigenvalue weighted by molar-refractivity contribution is 5.92. The van der Waals surface area contributed by atoms with Gasteiger partial charge < -0.3 is 15.4 Å². The van der Waals surface area contributed by atoms with Crippen LogP contribution in [0.4, 0.5) is 11.5 Å². The van der Waals surface area contributed by atoms with Crippen LogP contribution in [-0.4, -0.2) is 23.2 Å². The van der Waals surface area contributed by atoms with Gasteiger partial charge in [-0.25, -0.2) is 0 Å². The Morgan fingerprint density at radius 3 is 2.46 bits per heavy atom. The lowest BCUT2D eigenvalue weighted by molar-refractivity contribution is 0.0945.